The van der Waals surface area contributed by atoms with E-state index in [0.29, 0.717) is 27.6 Å². The molecule has 88 heavy (non-hydrogen) atoms. The highest BCUT2D eigenvalue weighted by atomic mass is 32.2. The fraction of sp³-hybridized carbons (Fsp3) is 0.365. The Bertz CT molecular complexity index is 4010. The van der Waals surface area contributed by atoms with Gasteiger partial charge in [0, 0.05) is 52.5 Å². The summed E-state index contributed by atoms with van der Waals surface area (Å²) in [5.41, 5.74) is -2.75. The lowest BCUT2D eigenvalue weighted by molar-refractivity contribution is -0.266. The van der Waals surface area contributed by atoms with Crippen molar-refractivity contribution in [3.63, 3.8) is 0 Å². The number of halogens is 8. The number of pyridine rings is 2. The summed E-state index contributed by atoms with van der Waals surface area (Å²) in [5, 5.41) is 22.4. The molecule has 0 unspecified atom stereocenters. The second-order valence-corrected chi connectivity index (χ2v) is 27.2. The molecule has 0 radical (unpaired) electrons. The van der Waals surface area contributed by atoms with Gasteiger partial charge in [-0.1, -0.05) is 90.9 Å². The van der Waals surface area contributed by atoms with Crippen LogP contribution in [0.3, 0.4) is 0 Å². The Labute approximate surface area is 504 Å². The number of hydrogen-bond donors (Lipinski definition) is 5. The fourth-order valence-electron chi connectivity index (χ4n) is 10.4. The average molecular weight is 1270 g/mol. The van der Waals surface area contributed by atoms with Crippen molar-refractivity contribution in [2.45, 2.75) is 131 Å². The van der Waals surface area contributed by atoms with Crippen LogP contribution in [0.5, 0.6) is 11.5 Å². The van der Waals surface area contributed by atoms with E-state index < -0.39 is 103 Å². The van der Waals surface area contributed by atoms with E-state index in [-0.39, 0.29) is 67.5 Å². The molecule has 4 aromatic heterocycles. The zero-order valence-corrected chi connectivity index (χ0v) is 51.3. The molecule has 0 aliphatic carbocycles. The van der Waals surface area contributed by atoms with Crippen molar-refractivity contribution in [2.75, 3.05) is 25.7 Å². The molecule has 0 aliphatic heterocycles. The van der Waals surface area contributed by atoms with Crippen molar-refractivity contribution < 1.29 is 81.2 Å². The third-order valence-corrected chi connectivity index (χ3v) is 18.3. The number of H-pyrrole nitrogens is 2. The van der Waals surface area contributed by atoms with Gasteiger partial charge in [-0.2, -0.15) is 26.3 Å². The summed E-state index contributed by atoms with van der Waals surface area (Å²) in [6.45, 7) is 10.4. The average Bonchev–Trinajstić information content (AvgIpc) is 1.39. The van der Waals surface area contributed by atoms with Gasteiger partial charge in [-0.25, -0.2) is 35.6 Å². The maximum Gasteiger partial charge on any atom is 0.417 e. The number of aromatic nitrogens is 4. The molecule has 0 fully saturated rings. The largest absolute Gasteiger partial charge is 0.497 e. The number of ketones is 1. The summed E-state index contributed by atoms with van der Waals surface area (Å²) in [5.74, 6) is -2.06. The zero-order valence-electron chi connectivity index (χ0n) is 49.6. The van der Waals surface area contributed by atoms with E-state index in [1.165, 1.54) is 97.4 Å². The molecular weight excluding hydrogens is 1200 g/mol. The minimum absolute atomic E-state index is 0.00213. The van der Waals surface area contributed by atoms with Crippen molar-refractivity contribution in [3.05, 3.63) is 178 Å². The van der Waals surface area contributed by atoms with Crippen LogP contribution in [0.25, 0.3) is 21.8 Å². The molecular formula is C63H69F8N5O10S2. The van der Waals surface area contributed by atoms with E-state index in [2.05, 4.69) is 19.9 Å². The molecule has 6 N–H and O–H groups in total. The van der Waals surface area contributed by atoms with Gasteiger partial charge in [0.15, 0.2) is 46.7 Å². The number of hydrogen-bond acceptors (Lipinski definition) is 12. The first-order chi connectivity index (χ1) is 40.8. The first kappa shape index (κ1) is 69.4. The Morgan fingerprint density at radius 3 is 1.36 bits per heavy atom. The maximum atomic E-state index is 14.6. The molecule has 474 valence electrons. The van der Waals surface area contributed by atoms with Gasteiger partial charge in [-0.15, -0.1) is 0 Å². The van der Waals surface area contributed by atoms with Crippen LogP contribution in [0, 0.1) is 11.6 Å². The van der Waals surface area contributed by atoms with Gasteiger partial charge < -0.3 is 35.4 Å². The lowest BCUT2D eigenvalue weighted by atomic mass is 9.71. The summed E-state index contributed by atoms with van der Waals surface area (Å²) >= 11 is 0. The molecule has 8 rings (SSSR count). The smallest absolute Gasteiger partial charge is 0.417 e. The van der Waals surface area contributed by atoms with Crippen LogP contribution in [0.4, 0.5) is 35.1 Å². The second kappa shape index (κ2) is 26.9. The van der Waals surface area contributed by atoms with Crippen LogP contribution in [0.15, 0.2) is 138 Å². The van der Waals surface area contributed by atoms with Gasteiger partial charge in [-0.3, -0.25) is 9.59 Å². The summed E-state index contributed by atoms with van der Waals surface area (Å²) in [4.78, 5) is 38.6. The molecule has 4 aromatic carbocycles. The Hall–Kier alpha value is -7.74. The monoisotopic (exact) mass is 1270 g/mol. The quantitative estimate of drug-likeness (QED) is 0.0333. The van der Waals surface area contributed by atoms with Crippen LogP contribution >= 0.6 is 0 Å². The molecule has 0 saturated heterocycles. The number of aromatic amines is 2. The Morgan fingerprint density at radius 2 is 0.989 bits per heavy atom. The summed E-state index contributed by atoms with van der Waals surface area (Å²) < 4.78 is 173. The third kappa shape index (κ3) is 16.5. The molecule has 4 heterocycles. The number of nitrogens with two attached hydrogens (primary N) is 1. The molecule has 15 nitrogen and oxygen atoms in total. The first-order valence-corrected chi connectivity index (χ1v) is 30.8. The van der Waals surface area contributed by atoms with E-state index in [9.17, 15) is 71.8 Å². The SMILES string of the molecule is CCS(=O)(=O)c1cc2cc(C[C@@](O)(CC(C)(C)c3ccc(F)cc3C(=O)C[C@@H](C)c3ccc(OC)cc3)C(F)(F)F)[nH]c2cn1.CCS(=O)(=O)c1cc2cc(C[C@@](O)(CC(C)(C)c3ccc(F)cc3C(N)=O)C(F)(F)F)[nH]c2cn1.COc1ccccc1. The van der Waals surface area contributed by atoms with E-state index in [1.54, 1.807) is 31.4 Å². The molecule has 25 heteroatoms. The highest BCUT2D eigenvalue weighted by molar-refractivity contribution is 7.91. The van der Waals surface area contributed by atoms with Crippen LogP contribution in [0.1, 0.15) is 122 Å². The van der Waals surface area contributed by atoms with Crippen LogP contribution in [-0.2, 0) is 43.3 Å². The van der Waals surface area contributed by atoms with Gasteiger partial charge in [0.2, 0.25) is 5.91 Å². The second-order valence-electron chi connectivity index (χ2n) is 22.7. The molecule has 0 aliphatic rings. The van der Waals surface area contributed by atoms with Gasteiger partial charge in [0.25, 0.3) is 0 Å². The highest BCUT2D eigenvalue weighted by Crippen LogP contribution is 2.46. The van der Waals surface area contributed by atoms with Crippen molar-refractivity contribution in [1.82, 2.24) is 19.9 Å². The van der Waals surface area contributed by atoms with Crippen molar-refractivity contribution in [3.8, 4) is 11.5 Å². The number of para-hydroxylation sites is 1. The number of sulfone groups is 2. The summed E-state index contributed by atoms with van der Waals surface area (Å²) in [7, 11) is -4.08. The molecule has 3 atom stereocenters. The number of carbonyl (C=O) groups is 2. The fourth-order valence-corrected chi connectivity index (χ4v) is 12.1. The first-order valence-electron chi connectivity index (χ1n) is 27.5. The van der Waals surface area contributed by atoms with E-state index >= 15 is 0 Å². The van der Waals surface area contributed by atoms with Crippen molar-refractivity contribution in [1.29, 1.82) is 0 Å². The predicted molar refractivity (Wildman–Crippen MR) is 317 cm³/mol. The summed E-state index contributed by atoms with van der Waals surface area (Å²) in [6, 6.07) is 28.4. The zero-order chi connectivity index (χ0) is 65.6. The number of methoxy groups -OCH3 is 2. The minimum atomic E-state index is -5.09. The predicted octanol–water partition coefficient (Wildman–Crippen LogP) is 12.6. The Balaban J connectivity index is 0.000000254. The molecule has 8 aromatic rings. The van der Waals surface area contributed by atoms with Gasteiger partial charge in [0.1, 0.15) is 23.1 Å². The number of aliphatic hydroxyl groups is 2. The lowest BCUT2D eigenvalue weighted by Gasteiger charge is -2.38. The number of ether oxygens (including phenoxy) is 2. The van der Waals surface area contributed by atoms with Crippen molar-refractivity contribution >= 4 is 53.2 Å². The van der Waals surface area contributed by atoms with E-state index in [0.717, 1.165) is 35.6 Å². The van der Waals surface area contributed by atoms with E-state index in [4.69, 9.17) is 15.2 Å². The number of primary amides is 1. The number of rotatable bonds is 21. The molecule has 0 spiro atoms. The molecule has 1 amide bonds. The highest BCUT2D eigenvalue weighted by Gasteiger charge is 2.57. The van der Waals surface area contributed by atoms with Crippen LogP contribution < -0.4 is 15.2 Å². The van der Waals surface area contributed by atoms with E-state index in [1.807, 2.05) is 37.3 Å². The lowest BCUT2D eigenvalue weighted by Crippen LogP contribution is -2.51. The number of Topliss-reactive ketones (excluding diaryl/α,β-unsaturated/α-hetero) is 1. The maximum absolute atomic E-state index is 14.6. The number of fused-ring (bicyclic) bond motifs is 2. The van der Waals surface area contributed by atoms with Gasteiger partial charge in [0.05, 0.1) is 49.2 Å². The van der Waals surface area contributed by atoms with Crippen molar-refractivity contribution in [2.24, 2.45) is 5.73 Å². The normalized spacial score (nSPS) is 14.2. The number of nitrogens with one attached hydrogen (secondary N) is 2. The van der Waals surface area contributed by atoms with Gasteiger partial charge in [-0.05, 0) is 119 Å². The van der Waals surface area contributed by atoms with Crippen LogP contribution in [0.2, 0.25) is 0 Å². The number of carbonyl (C=O) groups excluding carboxylic acids is 2. The number of benzene rings is 4. The topological polar surface area (TPSA) is 245 Å². The molecule has 0 saturated carbocycles. The number of nitrogens with zero attached hydrogens (tertiary/aromatic N) is 2. The van der Waals surface area contributed by atoms with Crippen LogP contribution in [-0.4, -0.2) is 108 Å². The standard InChI is InChI=1S/C33H36F4N2O5S.C23H25F4N3O4S.C7H8O/c1-6-45(42,43)30-15-22-14-24(39-28(22)18-38-30)17-32(41,33(35,36)37)19-31(3,4)27-12-9-23(34)16-26(27)29(40)13-20(2)21-7-10-25(44-5)11-8-21;1-4-35(33,34)19-8-13-7-15(30-18(13)11-29-19)10-22(32,23(25,26)27)12-21(2,3)17-6-5-14(24)9-16(17)20(28)31;1-8-7-5-3-2-4-6-7/h7-12,14-16,18,20,39,41H,6,13,17,19H2,1-5H3;5-9,11,30,32H,4,10,12H2,1-3H3,(H2,28,31);2-6H,1H3/t20-,32-;22-;/m11./s1. The minimum Gasteiger partial charge on any atom is -0.497 e. The Morgan fingerprint density at radius 1 is 0.591 bits per heavy atom. The van der Waals surface area contributed by atoms with Gasteiger partial charge >= 0.3 is 12.4 Å². The summed E-state index contributed by atoms with van der Waals surface area (Å²) in [6.07, 6.45) is -11.3. The number of amides is 1. The third-order valence-electron chi connectivity index (χ3n) is 15.1. The molecule has 0 bridgehead atoms. The Kier molecular flexibility index (Phi) is 21.2. The number of alkyl halides is 6.